The van der Waals surface area contributed by atoms with E-state index in [1.807, 2.05) is 6.92 Å². The smallest absolute Gasteiger partial charge is 0.261 e. The number of sulfonamides is 1. The molecule has 0 aromatic heterocycles. The minimum Gasteiger partial charge on any atom is -0.484 e. The minimum atomic E-state index is -3.92. The monoisotopic (exact) mass is 487 g/mol. The number of carbonyl (C=O) groups excluding carboxylic acids is 2. The Morgan fingerprint density at radius 3 is 2.36 bits per heavy atom. The van der Waals surface area contributed by atoms with Gasteiger partial charge in [-0.05, 0) is 67.6 Å². The van der Waals surface area contributed by atoms with Crippen LogP contribution in [0.15, 0.2) is 77.7 Å². The summed E-state index contributed by atoms with van der Waals surface area (Å²) in [6.07, 6.45) is 0. The number of likely N-dealkylation sites (N-methyl/N-ethyl adjacent to an activating group) is 1. The standard InChI is InChI=1S/C23H22ClN3O5S/c1-2-25-22(28)15-32-20-11-9-18(10-12-20)26-23(29)16-5-3-8-21(13-16)33(30,31)27-19-7-4-6-17(24)14-19/h3-14,27H,2,15H2,1H3,(H,25,28)(H,26,29). The molecule has 3 aromatic carbocycles. The molecule has 8 nitrogen and oxygen atoms in total. The van der Waals surface area contributed by atoms with Crippen molar-refractivity contribution in [3.63, 3.8) is 0 Å². The highest BCUT2D eigenvalue weighted by Crippen LogP contribution is 2.21. The van der Waals surface area contributed by atoms with Crippen LogP contribution < -0.4 is 20.1 Å². The first-order chi connectivity index (χ1) is 15.8. The van der Waals surface area contributed by atoms with Crippen LogP contribution in [-0.2, 0) is 14.8 Å². The molecule has 0 saturated carbocycles. The summed E-state index contributed by atoms with van der Waals surface area (Å²) in [5, 5.41) is 5.72. The van der Waals surface area contributed by atoms with Gasteiger partial charge in [0, 0.05) is 22.8 Å². The molecule has 3 aromatic rings. The van der Waals surface area contributed by atoms with Gasteiger partial charge < -0.3 is 15.4 Å². The zero-order chi connectivity index (χ0) is 23.8. The second kappa shape index (κ2) is 10.8. The van der Waals surface area contributed by atoms with Crippen LogP contribution in [0.4, 0.5) is 11.4 Å². The summed E-state index contributed by atoms with van der Waals surface area (Å²) in [4.78, 5) is 24.0. The zero-order valence-corrected chi connectivity index (χ0v) is 19.2. The summed E-state index contributed by atoms with van der Waals surface area (Å²) < 4.78 is 33.2. The Morgan fingerprint density at radius 2 is 1.67 bits per heavy atom. The van der Waals surface area contributed by atoms with E-state index >= 15 is 0 Å². The predicted molar refractivity (Wildman–Crippen MR) is 127 cm³/mol. The van der Waals surface area contributed by atoms with Crippen LogP contribution in [0.3, 0.4) is 0 Å². The van der Waals surface area contributed by atoms with Crippen LogP contribution in [-0.4, -0.2) is 33.4 Å². The van der Waals surface area contributed by atoms with E-state index in [-0.39, 0.29) is 23.0 Å². The lowest BCUT2D eigenvalue weighted by Gasteiger charge is -2.11. The summed E-state index contributed by atoms with van der Waals surface area (Å²) in [6, 6.07) is 18.5. The molecule has 0 radical (unpaired) electrons. The van der Waals surface area contributed by atoms with Gasteiger partial charge >= 0.3 is 0 Å². The van der Waals surface area contributed by atoms with Crippen molar-refractivity contribution < 1.29 is 22.7 Å². The molecule has 0 spiro atoms. The number of rotatable bonds is 9. The molecule has 0 heterocycles. The Hall–Kier alpha value is -3.56. The highest BCUT2D eigenvalue weighted by atomic mass is 35.5. The van der Waals surface area contributed by atoms with E-state index in [0.717, 1.165) is 0 Å². The minimum absolute atomic E-state index is 0.0655. The van der Waals surface area contributed by atoms with Crippen LogP contribution in [0.5, 0.6) is 5.75 Å². The Kier molecular flexibility index (Phi) is 7.92. The van der Waals surface area contributed by atoms with E-state index in [0.29, 0.717) is 28.7 Å². The van der Waals surface area contributed by atoms with Crippen molar-refractivity contribution in [2.24, 2.45) is 0 Å². The highest BCUT2D eigenvalue weighted by Gasteiger charge is 2.17. The SMILES string of the molecule is CCNC(=O)COc1ccc(NC(=O)c2cccc(S(=O)(=O)Nc3cccc(Cl)c3)c2)cc1. The maximum absolute atomic E-state index is 12.7. The van der Waals surface area contributed by atoms with Crippen molar-refractivity contribution in [1.29, 1.82) is 0 Å². The molecule has 3 N–H and O–H groups in total. The van der Waals surface area contributed by atoms with Gasteiger partial charge in [0.1, 0.15) is 5.75 Å². The third kappa shape index (κ3) is 6.96. The number of benzene rings is 3. The number of anilines is 2. The van der Waals surface area contributed by atoms with Crippen LogP contribution in [0, 0.1) is 0 Å². The Labute approximate surface area is 197 Å². The molecule has 10 heteroatoms. The van der Waals surface area contributed by atoms with Crippen molar-refractivity contribution in [2.45, 2.75) is 11.8 Å². The third-order valence-electron chi connectivity index (χ3n) is 4.34. The molecule has 0 bridgehead atoms. The summed E-state index contributed by atoms with van der Waals surface area (Å²) in [5.74, 6) is -0.236. The average Bonchev–Trinajstić information content (AvgIpc) is 2.78. The molecule has 2 amide bonds. The molecule has 0 saturated heterocycles. The van der Waals surface area contributed by atoms with E-state index in [1.165, 1.54) is 30.3 Å². The van der Waals surface area contributed by atoms with Gasteiger partial charge in [-0.1, -0.05) is 23.7 Å². The largest absolute Gasteiger partial charge is 0.484 e. The molecule has 0 atom stereocenters. The predicted octanol–water partition coefficient (Wildman–Crippen LogP) is 3.91. The lowest BCUT2D eigenvalue weighted by atomic mass is 10.2. The first-order valence-corrected chi connectivity index (χ1v) is 11.8. The Bertz CT molecular complexity index is 1250. The van der Waals surface area contributed by atoms with Crippen LogP contribution >= 0.6 is 11.6 Å². The summed E-state index contributed by atoms with van der Waals surface area (Å²) >= 11 is 5.90. The van der Waals surface area contributed by atoms with Crippen LogP contribution in [0.25, 0.3) is 0 Å². The molecule has 0 fully saturated rings. The van der Waals surface area contributed by atoms with Gasteiger partial charge in [0.05, 0.1) is 10.6 Å². The lowest BCUT2D eigenvalue weighted by molar-refractivity contribution is -0.122. The quantitative estimate of drug-likeness (QED) is 0.423. The van der Waals surface area contributed by atoms with E-state index in [9.17, 15) is 18.0 Å². The van der Waals surface area contributed by atoms with Gasteiger partial charge in [-0.15, -0.1) is 0 Å². The number of nitrogens with one attached hydrogen (secondary N) is 3. The number of hydrogen-bond donors (Lipinski definition) is 3. The summed E-state index contributed by atoms with van der Waals surface area (Å²) in [6.45, 7) is 2.23. The second-order valence-electron chi connectivity index (χ2n) is 6.86. The number of carbonyl (C=O) groups is 2. The molecule has 0 unspecified atom stereocenters. The molecular formula is C23H22ClN3O5S. The summed E-state index contributed by atoms with van der Waals surface area (Å²) in [5.41, 5.74) is 0.961. The van der Waals surface area contributed by atoms with E-state index < -0.39 is 15.9 Å². The van der Waals surface area contributed by atoms with Gasteiger partial charge in [0.2, 0.25) is 0 Å². The van der Waals surface area contributed by atoms with E-state index in [4.69, 9.17) is 16.3 Å². The van der Waals surface area contributed by atoms with Crippen molar-refractivity contribution >= 4 is 44.8 Å². The van der Waals surface area contributed by atoms with Crippen molar-refractivity contribution in [1.82, 2.24) is 5.32 Å². The fraction of sp³-hybridized carbons (Fsp3) is 0.130. The average molecular weight is 488 g/mol. The summed E-state index contributed by atoms with van der Waals surface area (Å²) in [7, 11) is -3.92. The van der Waals surface area contributed by atoms with Crippen molar-refractivity contribution in [2.75, 3.05) is 23.2 Å². The van der Waals surface area contributed by atoms with Gasteiger partial charge in [0.15, 0.2) is 6.61 Å². The number of ether oxygens (including phenoxy) is 1. The maximum Gasteiger partial charge on any atom is 0.261 e. The van der Waals surface area contributed by atoms with E-state index in [1.54, 1.807) is 42.5 Å². The van der Waals surface area contributed by atoms with Gasteiger partial charge in [0.25, 0.3) is 21.8 Å². The highest BCUT2D eigenvalue weighted by molar-refractivity contribution is 7.92. The fourth-order valence-corrected chi connectivity index (χ4v) is 4.09. The Balaban J connectivity index is 1.66. The molecular weight excluding hydrogens is 466 g/mol. The third-order valence-corrected chi connectivity index (χ3v) is 5.95. The van der Waals surface area contributed by atoms with Crippen molar-refractivity contribution in [3.05, 3.63) is 83.4 Å². The van der Waals surface area contributed by atoms with Gasteiger partial charge in [-0.25, -0.2) is 8.42 Å². The molecule has 172 valence electrons. The van der Waals surface area contributed by atoms with Crippen LogP contribution in [0.2, 0.25) is 5.02 Å². The lowest BCUT2D eigenvalue weighted by Crippen LogP contribution is -2.28. The molecule has 0 aliphatic rings. The first kappa shape index (κ1) is 24.1. The number of hydrogen-bond acceptors (Lipinski definition) is 5. The van der Waals surface area contributed by atoms with Gasteiger partial charge in [-0.2, -0.15) is 0 Å². The molecule has 0 aliphatic heterocycles. The van der Waals surface area contributed by atoms with E-state index in [2.05, 4.69) is 15.4 Å². The molecule has 33 heavy (non-hydrogen) atoms. The maximum atomic E-state index is 12.7. The molecule has 0 aliphatic carbocycles. The first-order valence-electron chi connectivity index (χ1n) is 9.96. The normalized spacial score (nSPS) is 10.8. The zero-order valence-electron chi connectivity index (χ0n) is 17.7. The van der Waals surface area contributed by atoms with Gasteiger partial charge in [-0.3, -0.25) is 14.3 Å². The van der Waals surface area contributed by atoms with Crippen LogP contribution in [0.1, 0.15) is 17.3 Å². The number of amides is 2. The second-order valence-corrected chi connectivity index (χ2v) is 8.98. The molecule has 3 rings (SSSR count). The van der Waals surface area contributed by atoms with Crippen molar-refractivity contribution in [3.8, 4) is 5.75 Å². The number of halogens is 1. The fourth-order valence-electron chi connectivity index (χ4n) is 2.81. The Morgan fingerprint density at radius 1 is 0.939 bits per heavy atom. The topological polar surface area (TPSA) is 114 Å².